The molecule has 0 amide bonds. The summed E-state index contributed by atoms with van der Waals surface area (Å²) >= 11 is -1.11. The fraction of sp³-hybridized carbons (Fsp3) is 0.538. The number of aromatic hydroxyl groups is 1. The summed E-state index contributed by atoms with van der Waals surface area (Å²) < 4.78 is 14.9. The Morgan fingerprint density at radius 3 is 2.53 bits per heavy atom. The molecule has 96 valence electrons. The average Bonchev–Trinajstić information content (AvgIpc) is 2.24. The minimum absolute atomic E-state index is 0.00200. The fourth-order valence-corrected chi connectivity index (χ4v) is 2.35. The van der Waals surface area contributed by atoms with Crippen LogP contribution in [-0.4, -0.2) is 14.4 Å². The highest BCUT2D eigenvalue weighted by Gasteiger charge is 2.29. The second kappa shape index (κ2) is 5.76. The van der Waals surface area contributed by atoms with Crippen LogP contribution in [0.4, 0.5) is 0 Å². The number of rotatable bonds is 4. The highest BCUT2D eigenvalue weighted by atomic mass is 32.2. The Labute approximate surface area is 107 Å². The van der Waals surface area contributed by atoms with Gasteiger partial charge in [-0.2, -0.15) is 0 Å². The van der Waals surface area contributed by atoms with Gasteiger partial charge in [0.2, 0.25) is 0 Å². The first-order chi connectivity index (χ1) is 7.84. The Morgan fingerprint density at radius 2 is 2.06 bits per heavy atom. The zero-order chi connectivity index (χ0) is 13.1. The van der Waals surface area contributed by atoms with Gasteiger partial charge in [0, 0.05) is 11.4 Å². The third kappa shape index (κ3) is 4.22. The summed E-state index contributed by atoms with van der Waals surface area (Å²) in [6.07, 6.45) is 0.825. The van der Waals surface area contributed by atoms with E-state index in [-0.39, 0.29) is 16.5 Å². The second-order valence-electron chi connectivity index (χ2n) is 5.05. The van der Waals surface area contributed by atoms with E-state index in [0.29, 0.717) is 0 Å². The normalized spacial score (nSPS) is 15.6. The van der Waals surface area contributed by atoms with E-state index < -0.39 is 11.4 Å². The predicted octanol–water partition coefficient (Wildman–Crippen LogP) is 2.90. The molecular formula is C13H21NO2S. The summed E-state index contributed by atoms with van der Waals surface area (Å²) in [5.41, 5.74) is 0.963. The topological polar surface area (TPSA) is 55.3 Å². The summed E-state index contributed by atoms with van der Waals surface area (Å²) in [6.45, 7) is 7.84. The molecule has 0 aliphatic rings. The monoisotopic (exact) mass is 255 g/mol. The molecule has 0 aliphatic heterocycles. The van der Waals surface area contributed by atoms with E-state index in [0.717, 1.165) is 12.0 Å². The number of hydrogen-bond acceptors (Lipinski definition) is 3. The van der Waals surface area contributed by atoms with E-state index in [1.54, 1.807) is 18.2 Å². The minimum atomic E-state index is -1.11. The molecule has 0 fully saturated rings. The van der Waals surface area contributed by atoms with Crippen molar-refractivity contribution in [1.82, 2.24) is 4.72 Å². The van der Waals surface area contributed by atoms with Crippen molar-refractivity contribution in [1.29, 1.82) is 0 Å². The van der Waals surface area contributed by atoms with Gasteiger partial charge < -0.3 is 9.66 Å². The molecule has 4 heteroatoms. The van der Waals surface area contributed by atoms with Crippen molar-refractivity contribution >= 4 is 11.4 Å². The molecule has 2 atom stereocenters. The van der Waals surface area contributed by atoms with Gasteiger partial charge >= 0.3 is 0 Å². The Kier molecular flexibility index (Phi) is 4.86. The lowest BCUT2D eigenvalue weighted by atomic mass is 10.1. The molecule has 0 bridgehead atoms. The maximum atomic E-state index is 12.0. The first kappa shape index (κ1) is 14.4. The van der Waals surface area contributed by atoms with E-state index in [2.05, 4.69) is 4.72 Å². The van der Waals surface area contributed by atoms with Gasteiger partial charge in [0.05, 0.1) is 6.04 Å². The summed E-state index contributed by atoms with van der Waals surface area (Å²) in [5.74, 6) is 0.240. The largest absolute Gasteiger partial charge is 0.598 e. The van der Waals surface area contributed by atoms with E-state index in [1.807, 2.05) is 33.8 Å². The van der Waals surface area contributed by atoms with Gasteiger partial charge in [-0.3, -0.25) is 0 Å². The smallest absolute Gasteiger partial charge is 0.136 e. The number of nitrogens with one attached hydrogen (secondary N) is 1. The van der Waals surface area contributed by atoms with E-state index >= 15 is 0 Å². The van der Waals surface area contributed by atoms with Crippen LogP contribution in [-0.2, 0) is 11.4 Å². The minimum Gasteiger partial charge on any atom is -0.598 e. The van der Waals surface area contributed by atoms with Crippen molar-refractivity contribution in [2.24, 2.45) is 0 Å². The van der Waals surface area contributed by atoms with Crippen LogP contribution in [0.3, 0.4) is 0 Å². The molecule has 2 N–H and O–H groups in total. The van der Waals surface area contributed by atoms with Gasteiger partial charge in [0.25, 0.3) is 0 Å². The number of hydrogen-bond donors (Lipinski definition) is 2. The first-order valence-corrected chi connectivity index (χ1v) is 6.96. The number of phenolic OH excluding ortho intramolecular Hbond substituents is 1. The SMILES string of the molecule is CCC(N[S+]([O-])C(C)(C)C)c1cccc(O)c1. The second-order valence-corrected chi connectivity index (χ2v) is 7.05. The van der Waals surface area contributed by atoms with Gasteiger partial charge in [-0.1, -0.05) is 19.1 Å². The maximum Gasteiger partial charge on any atom is 0.136 e. The van der Waals surface area contributed by atoms with Gasteiger partial charge in [0.1, 0.15) is 10.5 Å². The molecular weight excluding hydrogens is 234 g/mol. The lowest BCUT2D eigenvalue weighted by Crippen LogP contribution is -2.41. The molecule has 2 unspecified atom stereocenters. The van der Waals surface area contributed by atoms with Gasteiger partial charge in [-0.25, -0.2) is 0 Å². The van der Waals surface area contributed by atoms with Crippen LogP contribution >= 0.6 is 0 Å². The zero-order valence-corrected chi connectivity index (χ0v) is 11.7. The summed E-state index contributed by atoms with van der Waals surface area (Å²) in [5, 5.41) is 9.45. The van der Waals surface area contributed by atoms with Crippen molar-refractivity contribution in [2.45, 2.75) is 44.9 Å². The van der Waals surface area contributed by atoms with Gasteiger partial charge in [-0.05, 0) is 44.9 Å². The van der Waals surface area contributed by atoms with Crippen LogP contribution in [0.15, 0.2) is 24.3 Å². The lowest BCUT2D eigenvalue weighted by molar-refractivity contribution is 0.471. The highest BCUT2D eigenvalue weighted by molar-refractivity contribution is 7.90. The fourth-order valence-electron chi connectivity index (χ4n) is 1.43. The van der Waals surface area contributed by atoms with Crippen LogP contribution in [0.25, 0.3) is 0 Å². The van der Waals surface area contributed by atoms with Gasteiger partial charge in [-0.15, -0.1) is 4.72 Å². The molecule has 0 heterocycles. The van der Waals surface area contributed by atoms with Crippen LogP contribution in [0.5, 0.6) is 5.75 Å². The third-order valence-corrected chi connectivity index (χ3v) is 4.10. The van der Waals surface area contributed by atoms with E-state index in [4.69, 9.17) is 0 Å². The Hall–Kier alpha value is -0.710. The molecule has 0 aromatic heterocycles. The standard InChI is InChI=1S/C13H21NO2S/c1-5-12(14-17(16)13(2,3)4)10-7-6-8-11(15)9-10/h6-9,12,14-15H,5H2,1-4H3. The number of phenols is 1. The maximum absolute atomic E-state index is 12.0. The molecule has 0 spiro atoms. The van der Waals surface area contributed by atoms with Crippen molar-refractivity contribution in [3.8, 4) is 5.75 Å². The van der Waals surface area contributed by atoms with Crippen molar-refractivity contribution in [3.63, 3.8) is 0 Å². The zero-order valence-electron chi connectivity index (χ0n) is 10.9. The summed E-state index contributed by atoms with van der Waals surface area (Å²) in [7, 11) is 0. The Balaban J connectivity index is 2.79. The summed E-state index contributed by atoms with van der Waals surface area (Å²) in [6, 6.07) is 7.08. The first-order valence-electron chi connectivity index (χ1n) is 5.81. The molecule has 0 saturated heterocycles. The van der Waals surface area contributed by atoms with Crippen LogP contribution in [0.1, 0.15) is 45.7 Å². The average molecular weight is 255 g/mol. The van der Waals surface area contributed by atoms with Crippen LogP contribution in [0.2, 0.25) is 0 Å². The summed E-state index contributed by atoms with van der Waals surface area (Å²) in [4.78, 5) is 0. The van der Waals surface area contributed by atoms with E-state index in [1.165, 1.54) is 0 Å². The Morgan fingerprint density at radius 1 is 1.41 bits per heavy atom. The van der Waals surface area contributed by atoms with E-state index in [9.17, 15) is 9.66 Å². The molecule has 1 aromatic carbocycles. The van der Waals surface area contributed by atoms with Crippen LogP contribution < -0.4 is 4.72 Å². The number of benzene rings is 1. The van der Waals surface area contributed by atoms with Crippen LogP contribution in [0, 0.1) is 0 Å². The quantitative estimate of drug-likeness (QED) is 0.813. The molecule has 0 aliphatic carbocycles. The third-order valence-electron chi connectivity index (χ3n) is 2.49. The molecule has 1 aromatic rings. The van der Waals surface area contributed by atoms with Crippen molar-refractivity contribution < 1.29 is 9.66 Å². The molecule has 3 nitrogen and oxygen atoms in total. The molecule has 0 radical (unpaired) electrons. The molecule has 1 rings (SSSR count). The van der Waals surface area contributed by atoms with Crippen molar-refractivity contribution in [3.05, 3.63) is 29.8 Å². The van der Waals surface area contributed by atoms with Crippen molar-refractivity contribution in [2.75, 3.05) is 0 Å². The highest BCUT2D eigenvalue weighted by Crippen LogP contribution is 2.24. The molecule has 0 saturated carbocycles. The van der Waals surface area contributed by atoms with Gasteiger partial charge in [0.15, 0.2) is 0 Å². The lowest BCUT2D eigenvalue weighted by Gasteiger charge is -2.27. The Bertz CT molecular complexity index is 363. The molecule has 17 heavy (non-hydrogen) atoms. The predicted molar refractivity (Wildman–Crippen MR) is 72.2 cm³/mol.